The topological polar surface area (TPSA) is 87.4 Å². The average Bonchev–Trinajstić information content (AvgIpc) is 3.08. The normalized spacial score (nSPS) is 23.9. The fourth-order valence-electron chi connectivity index (χ4n) is 4.13. The highest BCUT2D eigenvalue weighted by molar-refractivity contribution is 5.93. The van der Waals surface area contributed by atoms with Crippen LogP contribution < -0.4 is 5.56 Å². The van der Waals surface area contributed by atoms with Crippen molar-refractivity contribution in [2.45, 2.75) is 25.4 Å². The van der Waals surface area contributed by atoms with Crippen molar-refractivity contribution in [1.82, 2.24) is 19.2 Å². The number of carbonyl (C=O) groups excluding carboxylic acids is 1. The third kappa shape index (κ3) is 3.67. The summed E-state index contributed by atoms with van der Waals surface area (Å²) in [6.07, 6.45) is 3.58. The molecule has 0 aliphatic carbocycles. The minimum absolute atomic E-state index is 0.0113. The van der Waals surface area contributed by atoms with E-state index in [2.05, 4.69) is 9.88 Å². The number of nitrogens with zero attached hydrogens (tertiary/aromatic N) is 4. The van der Waals surface area contributed by atoms with Gasteiger partial charge in [0.2, 0.25) is 0 Å². The first-order valence-corrected chi connectivity index (χ1v) is 9.76. The first-order valence-electron chi connectivity index (χ1n) is 9.76. The molecule has 2 aromatic heterocycles. The Hall–Kier alpha value is -2.29. The maximum atomic E-state index is 13.1. The summed E-state index contributed by atoms with van der Waals surface area (Å²) in [6.45, 7) is 5.15. The van der Waals surface area contributed by atoms with Gasteiger partial charge >= 0.3 is 0 Å². The van der Waals surface area contributed by atoms with E-state index in [4.69, 9.17) is 4.74 Å². The van der Waals surface area contributed by atoms with E-state index in [1.807, 2.05) is 6.07 Å². The van der Waals surface area contributed by atoms with Crippen molar-refractivity contribution in [2.75, 3.05) is 45.9 Å². The molecule has 8 heteroatoms. The first-order chi connectivity index (χ1) is 13.5. The third-order valence-corrected chi connectivity index (χ3v) is 5.52. The molecule has 2 aliphatic rings. The largest absolute Gasteiger partial charge is 0.384 e. The van der Waals surface area contributed by atoms with Crippen molar-refractivity contribution in [3.05, 3.63) is 46.0 Å². The Kier molecular flexibility index (Phi) is 5.18. The number of hydrogen-bond acceptors (Lipinski definition) is 6. The molecule has 150 valence electrons. The molecule has 8 nitrogen and oxygen atoms in total. The summed E-state index contributed by atoms with van der Waals surface area (Å²) in [5.41, 5.74) is -0.299. The number of fused-ring (bicyclic) bond motifs is 1. The van der Waals surface area contributed by atoms with Gasteiger partial charge in [-0.15, -0.1) is 0 Å². The van der Waals surface area contributed by atoms with Gasteiger partial charge in [-0.3, -0.25) is 14.0 Å². The number of hydrogen-bond donors (Lipinski definition) is 1. The minimum Gasteiger partial charge on any atom is -0.384 e. The van der Waals surface area contributed by atoms with Crippen LogP contribution in [0.3, 0.4) is 0 Å². The highest BCUT2D eigenvalue weighted by atomic mass is 16.5. The van der Waals surface area contributed by atoms with Crippen LogP contribution >= 0.6 is 0 Å². The molecule has 1 unspecified atom stereocenters. The third-order valence-electron chi connectivity index (χ3n) is 5.52. The Labute approximate surface area is 163 Å². The monoisotopic (exact) mass is 386 g/mol. The number of amides is 1. The molecule has 0 spiro atoms. The molecule has 0 bridgehead atoms. The molecule has 2 fully saturated rings. The van der Waals surface area contributed by atoms with Gasteiger partial charge in [0, 0.05) is 25.0 Å². The number of β-amino-alcohol motifs (C(OH)–C–C–N with tert-alkyl or cyclic N) is 1. The zero-order valence-electron chi connectivity index (χ0n) is 16.1. The van der Waals surface area contributed by atoms with Crippen LogP contribution in [0.25, 0.3) is 5.65 Å². The van der Waals surface area contributed by atoms with E-state index >= 15 is 0 Å². The number of carbonyl (C=O) groups is 1. The molecule has 2 saturated heterocycles. The number of ether oxygens (including phenoxy) is 1. The highest BCUT2D eigenvalue weighted by Crippen LogP contribution is 2.19. The number of aliphatic hydroxyl groups is 1. The van der Waals surface area contributed by atoms with Crippen molar-refractivity contribution in [3.63, 3.8) is 0 Å². The van der Waals surface area contributed by atoms with Crippen LogP contribution in [0.5, 0.6) is 0 Å². The van der Waals surface area contributed by atoms with Crippen LogP contribution in [0.1, 0.15) is 28.9 Å². The van der Waals surface area contributed by atoms with E-state index in [-0.39, 0.29) is 24.3 Å². The lowest BCUT2D eigenvalue weighted by molar-refractivity contribution is -0.0524. The second kappa shape index (κ2) is 7.62. The number of rotatable bonds is 3. The SMILES string of the molecule is Cc1cccc2ncc(C(=O)N3CCOCC(O)(CN4CCCC4)C3)c(=O)n12. The predicted molar refractivity (Wildman–Crippen MR) is 104 cm³/mol. The molecule has 0 aromatic carbocycles. The molecular weight excluding hydrogens is 360 g/mol. The molecule has 28 heavy (non-hydrogen) atoms. The van der Waals surface area contributed by atoms with Gasteiger partial charge in [-0.1, -0.05) is 6.07 Å². The summed E-state index contributed by atoms with van der Waals surface area (Å²) in [6, 6.07) is 5.36. The Balaban J connectivity index is 1.61. The Bertz CT molecular complexity index is 937. The van der Waals surface area contributed by atoms with Crippen LogP contribution in [-0.2, 0) is 4.74 Å². The highest BCUT2D eigenvalue weighted by Gasteiger charge is 2.37. The molecule has 2 aromatic rings. The number of likely N-dealkylation sites (tertiary alicyclic amines) is 1. The number of aromatic nitrogens is 2. The summed E-state index contributed by atoms with van der Waals surface area (Å²) in [5, 5.41) is 11.1. The molecular formula is C20H26N4O4. The molecule has 0 saturated carbocycles. The molecule has 1 amide bonds. The van der Waals surface area contributed by atoms with Gasteiger partial charge in [-0.05, 0) is 45.0 Å². The van der Waals surface area contributed by atoms with Crippen LogP contribution in [0, 0.1) is 6.92 Å². The van der Waals surface area contributed by atoms with Crippen molar-refractivity contribution in [1.29, 1.82) is 0 Å². The summed E-state index contributed by atoms with van der Waals surface area (Å²) in [5.74, 6) is -0.416. The van der Waals surface area contributed by atoms with Gasteiger partial charge in [0.15, 0.2) is 0 Å². The molecule has 2 aliphatic heterocycles. The molecule has 1 atom stereocenters. The van der Waals surface area contributed by atoms with Gasteiger partial charge in [-0.2, -0.15) is 0 Å². The van der Waals surface area contributed by atoms with Crippen LogP contribution in [0.2, 0.25) is 0 Å². The zero-order valence-corrected chi connectivity index (χ0v) is 16.1. The second-order valence-corrected chi connectivity index (χ2v) is 7.82. The number of aryl methyl sites for hydroxylation is 1. The van der Waals surface area contributed by atoms with Crippen LogP contribution in [0.15, 0.2) is 29.2 Å². The van der Waals surface area contributed by atoms with Gasteiger partial charge in [0.05, 0.1) is 19.8 Å². The lowest BCUT2D eigenvalue weighted by Gasteiger charge is -2.33. The zero-order chi connectivity index (χ0) is 19.7. The fourth-order valence-corrected chi connectivity index (χ4v) is 4.13. The first kappa shape index (κ1) is 19.0. The second-order valence-electron chi connectivity index (χ2n) is 7.82. The van der Waals surface area contributed by atoms with Crippen LogP contribution in [0.4, 0.5) is 0 Å². The van der Waals surface area contributed by atoms with Crippen molar-refractivity contribution in [2.24, 2.45) is 0 Å². The lowest BCUT2D eigenvalue weighted by Crippen LogP contribution is -2.53. The van der Waals surface area contributed by atoms with E-state index in [9.17, 15) is 14.7 Å². The minimum atomic E-state index is -1.15. The van der Waals surface area contributed by atoms with E-state index in [1.165, 1.54) is 15.5 Å². The summed E-state index contributed by atoms with van der Waals surface area (Å²) < 4.78 is 7.03. The van der Waals surface area contributed by atoms with E-state index in [0.717, 1.165) is 31.6 Å². The Morgan fingerprint density at radius 1 is 1.29 bits per heavy atom. The van der Waals surface area contributed by atoms with Gasteiger partial charge in [-0.25, -0.2) is 4.98 Å². The molecule has 4 heterocycles. The summed E-state index contributed by atoms with van der Waals surface area (Å²) in [7, 11) is 0. The maximum absolute atomic E-state index is 13.1. The van der Waals surface area contributed by atoms with Gasteiger partial charge < -0.3 is 19.6 Å². The van der Waals surface area contributed by atoms with Crippen molar-refractivity contribution < 1.29 is 14.6 Å². The lowest BCUT2D eigenvalue weighted by atomic mass is 10.0. The van der Waals surface area contributed by atoms with Crippen LogP contribution in [-0.4, -0.2) is 81.7 Å². The Morgan fingerprint density at radius 3 is 2.86 bits per heavy atom. The molecule has 1 N–H and O–H groups in total. The average molecular weight is 386 g/mol. The quantitative estimate of drug-likeness (QED) is 0.817. The Morgan fingerprint density at radius 2 is 2.07 bits per heavy atom. The smallest absolute Gasteiger partial charge is 0.270 e. The summed E-state index contributed by atoms with van der Waals surface area (Å²) >= 11 is 0. The predicted octanol–water partition coefficient (Wildman–Crippen LogP) is 0.302. The van der Waals surface area contributed by atoms with E-state index in [1.54, 1.807) is 19.1 Å². The van der Waals surface area contributed by atoms with Gasteiger partial charge in [0.1, 0.15) is 16.8 Å². The molecule has 4 rings (SSSR count). The standard InChI is InChI=1S/C20H26N4O4/c1-15-5-4-6-17-21-11-16(19(26)24(15)17)18(25)23-9-10-28-14-20(27,13-23)12-22-7-2-3-8-22/h4-6,11,27H,2-3,7-10,12-14H2,1H3. The van der Waals surface area contributed by atoms with Crippen molar-refractivity contribution in [3.8, 4) is 0 Å². The van der Waals surface area contributed by atoms with Gasteiger partial charge in [0.25, 0.3) is 11.5 Å². The van der Waals surface area contributed by atoms with E-state index in [0.29, 0.717) is 25.3 Å². The number of pyridine rings is 1. The fraction of sp³-hybridized carbons (Fsp3) is 0.550. The van der Waals surface area contributed by atoms with Crippen molar-refractivity contribution >= 4 is 11.6 Å². The molecule has 0 radical (unpaired) electrons. The maximum Gasteiger partial charge on any atom is 0.270 e. The van der Waals surface area contributed by atoms with E-state index < -0.39 is 11.5 Å². The summed E-state index contributed by atoms with van der Waals surface area (Å²) in [4.78, 5) is 34.1.